The summed E-state index contributed by atoms with van der Waals surface area (Å²) in [6, 6.07) is 0. The molecule has 0 aromatic carbocycles. The van der Waals surface area contributed by atoms with Gasteiger partial charge in [0.15, 0.2) is 0 Å². The minimum atomic E-state index is -4.10. The van der Waals surface area contributed by atoms with Crippen LogP contribution in [0.3, 0.4) is 0 Å². The molecule has 0 aromatic rings. The summed E-state index contributed by atoms with van der Waals surface area (Å²) < 4.78 is 2.71. The van der Waals surface area contributed by atoms with Gasteiger partial charge in [-0.1, -0.05) is 0 Å². The van der Waals surface area contributed by atoms with Crippen LogP contribution >= 0.6 is 18.5 Å². The van der Waals surface area contributed by atoms with Gasteiger partial charge in [-0.25, -0.2) is 0 Å². The van der Waals surface area contributed by atoms with E-state index in [9.17, 15) is 0 Å². The molecule has 4 bridgehead atoms. The first kappa shape index (κ1) is 22.8. The van der Waals surface area contributed by atoms with Gasteiger partial charge in [-0.2, -0.15) is 0 Å². The van der Waals surface area contributed by atoms with Crippen molar-refractivity contribution < 1.29 is 6.51 Å². The Kier molecular flexibility index (Phi) is 1.98. The van der Waals surface area contributed by atoms with Gasteiger partial charge < -0.3 is 0 Å². The molecule has 4 aliphatic carbocycles. The summed E-state index contributed by atoms with van der Waals surface area (Å²) >= 11 is 0. The molecule has 0 amide bonds. The SMILES string of the molecule is CC(C)(C)[C]12[CH]3[C]4(C(P)(C5CCCNC5)C5CCCNC5)[C]5(C6(CP)C7CC8CC(C7)CC6C8)[CH]1[Fe]32451678[CH]2[CH]1[CH]6[CH]7[CH]28. The fraction of sp³-hybridized carbons (Fsp3) is 1.00. The van der Waals surface area contributed by atoms with Crippen LogP contribution in [-0.2, 0) is 6.51 Å². The van der Waals surface area contributed by atoms with Gasteiger partial charge in [0, 0.05) is 0 Å². The van der Waals surface area contributed by atoms with Crippen LogP contribution in [0.15, 0.2) is 0 Å². The predicted molar refractivity (Wildman–Crippen MR) is 171 cm³/mol. The maximum atomic E-state index is 4.08. The molecule has 9 atom stereocenters. The standard InChI is InChI=1S/C31H51N2P2.C5H5.Fe/c1-29(2,3)24-15-27(30(19-34)25-11-20-10-21(13-25)14-26(30)12-20)28(16-24)31(35,22-6-4-8-32-17-22)23-7-5-9-33-18-23;1-2-4-5-3-1;/h15-16,20-23,25-26,32-33H,4-14,17-19,34-35H2,1-3H3;1-5H;. The zero-order chi connectivity index (χ0) is 27.1. The van der Waals surface area contributed by atoms with Crippen LogP contribution in [0.4, 0.5) is 0 Å². The molecule has 41 heavy (non-hydrogen) atoms. The van der Waals surface area contributed by atoms with E-state index in [1.807, 2.05) is 0 Å². The van der Waals surface area contributed by atoms with Crippen LogP contribution in [0.5, 0.6) is 0 Å². The molecule has 12 aliphatic heterocycles. The second-order valence-electron chi connectivity index (χ2n) is 22.7. The van der Waals surface area contributed by atoms with E-state index in [2.05, 4.69) is 49.9 Å². The van der Waals surface area contributed by atoms with E-state index >= 15 is 0 Å². The fourth-order valence-corrected chi connectivity index (χ4v) is 119. The van der Waals surface area contributed by atoms with E-state index in [4.69, 9.17) is 0 Å². The van der Waals surface area contributed by atoms with Gasteiger partial charge in [-0.15, -0.1) is 0 Å². The molecule has 9 unspecified atom stereocenters. The summed E-state index contributed by atoms with van der Waals surface area (Å²) in [5.41, 5.74) is 1.33. The van der Waals surface area contributed by atoms with E-state index in [0.717, 1.165) is 53.9 Å². The van der Waals surface area contributed by atoms with Crippen LogP contribution in [0.1, 0.15) is 78.6 Å². The van der Waals surface area contributed by atoms with Gasteiger partial charge in [0.05, 0.1) is 0 Å². The molecule has 16 rings (SSSR count). The molecule has 228 valence electrons. The van der Waals surface area contributed by atoms with Gasteiger partial charge in [-0.05, 0) is 0 Å². The molecule has 16 aliphatic rings. The first-order chi connectivity index (χ1) is 19.5. The molecule has 4 saturated carbocycles. The van der Waals surface area contributed by atoms with E-state index in [0.29, 0.717) is 10.6 Å². The summed E-state index contributed by atoms with van der Waals surface area (Å²) in [5, 5.41) is 8.68. The topological polar surface area (TPSA) is 24.1 Å². The van der Waals surface area contributed by atoms with Crippen molar-refractivity contribution in [3.8, 4) is 0 Å². The van der Waals surface area contributed by atoms with Crippen molar-refractivity contribution in [2.75, 3.05) is 32.3 Å². The van der Waals surface area contributed by atoms with Crippen LogP contribution in [-0.4, -0.2) is 37.5 Å². The van der Waals surface area contributed by atoms with Crippen molar-refractivity contribution in [3.05, 3.63) is 0 Å². The van der Waals surface area contributed by atoms with E-state index < -0.39 is 6.51 Å². The number of fused-ring (bicyclic) bond motifs is 11. The third-order valence-electron chi connectivity index (χ3n) is 26.3. The summed E-state index contributed by atoms with van der Waals surface area (Å²) in [6.45, 7) is 9.70. The summed E-state index contributed by atoms with van der Waals surface area (Å²) in [6.07, 6.45) is 15.8. The Morgan fingerprint density at radius 1 is 0.756 bits per heavy atom. The Morgan fingerprint density at radius 2 is 1.27 bits per heavy atom. The summed E-state index contributed by atoms with van der Waals surface area (Å²) in [5.74, 6) is 6.33. The Bertz CT molecular complexity index is 1750. The van der Waals surface area contributed by atoms with Crippen molar-refractivity contribution in [1.82, 2.24) is 10.6 Å². The van der Waals surface area contributed by atoms with Crippen molar-refractivity contribution in [3.63, 3.8) is 0 Å². The fourth-order valence-electron chi connectivity index (χ4n) is 30.1. The number of piperidine rings is 2. The van der Waals surface area contributed by atoms with Gasteiger partial charge in [0.1, 0.15) is 0 Å². The van der Waals surface area contributed by atoms with E-state index in [1.165, 1.54) is 91.7 Å². The second-order valence-corrected chi connectivity index (χ2v) is 46.9. The van der Waals surface area contributed by atoms with Gasteiger partial charge >= 0.3 is 245 Å². The zero-order valence-corrected chi connectivity index (χ0v) is 29.3. The molecule has 2 N–H and O–H groups in total. The van der Waals surface area contributed by atoms with Gasteiger partial charge in [0.25, 0.3) is 0 Å². The summed E-state index contributed by atoms with van der Waals surface area (Å²) in [4.78, 5) is 9.57. The molecular formula is C36H56FeN2P2. The monoisotopic (exact) mass is 634 g/mol. The molecule has 12 saturated heterocycles. The molecule has 1 spiro atoms. The van der Waals surface area contributed by atoms with Crippen LogP contribution in [0.2, 0.25) is 46.7 Å². The predicted octanol–water partition coefficient (Wildman–Crippen LogP) is 8.46. The van der Waals surface area contributed by atoms with Gasteiger partial charge in [-0.3, -0.25) is 0 Å². The normalized spacial score (nSPS) is 85.4. The molecule has 5 heteroatoms. The first-order valence-corrected chi connectivity index (χ1v) is 26.1. The Balaban J connectivity index is 1.11. The maximum absolute atomic E-state index is 4.10. The molecule has 16 fully saturated rings. The molecule has 12 heterocycles. The molecular weight excluding hydrogens is 578 g/mol. The average Bonchev–Trinajstić information content (AvgIpc) is 3.91. The van der Waals surface area contributed by atoms with E-state index in [-0.39, 0.29) is 0 Å². The Labute approximate surface area is 243 Å². The number of hydrogen-bond donors (Lipinski definition) is 2. The molecule has 0 aromatic heterocycles. The van der Waals surface area contributed by atoms with Crippen LogP contribution in [0.25, 0.3) is 0 Å². The number of rotatable bonds is 5. The quantitative estimate of drug-likeness (QED) is 0.234. The number of hydrogen-bond acceptors (Lipinski definition) is 2. The van der Waals surface area contributed by atoms with Crippen LogP contribution in [0, 0.1) is 46.3 Å². The van der Waals surface area contributed by atoms with E-state index in [1.54, 1.807) is 32.1 Å². The zero-order valence-electron chi connectivity index (χ0n) is 25.9. The Hall–Kier alpha value is 1.30. The van der Waals surface area contributed by atoms with Crippen molar-refractivity contribution >= 4 is 18.5 Å². The average molecular weight is 635 g/mol. The van der Waals surface area contributed by atoms with Gasteiger partial charge in [0.2, 0.25) is 0 Å². The molecule has 2 nitrogen and oxygen atoms in total. The number of nitrogens with one attached hydrogen (secondary N) is 2. The Morgan fingerprint density at radius 3 is 1.66 bits per heavy atom. The molecule has 0 radical (unpaired) electrons. The van der Waals surface area contributed by atoms with Crippen molar-refractivity contribution in [2.45, 2.75) is 130 Å². The minimum absolute atomic E-state index is 0.540. The van der Waals surface area contributed by atoms with Crippen LogP contribution < -0.4 is 10.6 Å². The third kappa shape index (κ3) is 0.581. The van der Waals surface area contributed by atoms with Crippen molar-refractivity contribution in [1.29, 1.82) is 0 Å². The first-order valence-electron chi connectivity index (χ1n) is 18.6. The third-order valence-corrected chi connectivity index (χ3v) is 72.7. The van der Waals surface area contributed by atoms with Crippen molar-refractivity contribution in [2.24, 2.45) is 46.3 Å². The second kappa shape index (κ2) is 3.56. The summed E-state index contributed by atoms with van der Waals surface area (Å²) in [7, 11) is 7.69.